The van der Waals surface area contributed by atoms with Gasteiger partial charge in [0.1, 0.15) is 18.2 Å². The fourth-order valence-corrected chi connectivity index (χ4v) is 4.17. The molecule has 1 aliphatic carbocycles. The minimum Gasteiger partial charge on any atom is -0.492 e. The number of H-pyrrole nitrogens is 1. The summed E-state index contributed by atoms with van der Waals surface area (Å²) >= 11 is 7.22. The maximum atomic E-state index is 12.3. The van der Waals surface area contributed by atoms with Crippen LogP contribution in [0, 0.1) is 5.92 Å². The number of thioether (sulfide) groups is 1. The van der Waals surface area contributed by atoms with Crippen molar-refractivity contribution in [3.05, 3.63) is 35.1 Å². The number of amides is 1. The van der Waals surface area contributed by atoms with Gasteiger partial charge in [0.25, 0.3) is 0 Å². The molecule has 28 heavy (non-hydrogen) atoms. The van der Waals surface area contributed by atoms with Gasteiger partial charge in [0, 0.05) is 18.5 Å². The Morgan fingerprint density at radius 3 is 2.82 bits per heavy atom. The summed E-state index contributed by atoms with van der Waals surface area (Å²) < 4.78 is 5.63. The fraction of sp³-hybridized carbons (Fsp3) is 0.550. The number of hydrogen-bond donors (Lipinski definition) is 1. The Morgan fingerprint density at radius 1 is 1.32 bits per heavy atom. The number of carbonyl (C=O) groups excluding carboxylic acids is 1. The molecule has 0 unspecified atom stereocenters. The third kappa shape index (κ3) is 6.71. The predicted octanol–water partition coefficient (Wildman–Crippen LogP) is 4.21. The highest BCUT2D eigenvalue weighted by Crippen LogP contribution is 2.28. The van der Waals surface area contributed by atoms with E-state index in [9.17, 15) is 4.79 Å². The summed E-state index contributed by atoms with van der Waals surface area (Å²) in [5.41, 5.74) is 0. The molecule has 0 aliphatic heterocycles. The van der Waals surface area contributed by atoms with Crippen molar-refractivity contribution < 1.29 is 9.53 Å². The van der Waals surface area contributed by atoms with Crippen LogP contribution in [-0.4, -0.2) is 51.9 Å². The van der Waals surface area contributed by atoms with E-state index in [4.69, 9.17) is 16.3 Å². The lowest BCUT2D eigenvalue weighted by atomic mass is 10.0. The van der Waals surface area contributed by atoms with E-state index >= 15 is 0 Å². The number of nitrogens with zero attached hydrogens (tertiary/aromatic N) is 3. The van der Waals surface area contributed by atoms with Crippen molar-refractivity contribution in [2.45, 2.75) is 43.7 Å². The highest BCUT2D eigenvalue weighted by Gasteiger charge is 2.16. The number of hydrogen-bond acceptors (Lipinski definition) is 5. The predicted molar refractivity (Wildman–Crippen MR) is 112 cm³/mol. The normalized spacial score (nSPS) is 14.4. The first-order chi connectivity index (χ1) is 13.6. The molecule has 2 aromatic rings. The quantitative estimate of drug-likeness (QED) is 0.580. The van der Waals surface area contributed by atoms with Crippen LogP contribution in [0.5, 0.6) is 5.75 Å². The van der Waals surface area contributed by atoms with E-state index in [0.29, 0.717) is 29.1 Å². The zero-order chi connectivity index (χ0) is 19.8. The maximum Gasteiger partial charge on any atom is 0.232 e. The fourth-order valence-electron chi connectivity index (χ4n) is 3.29. The van der Waals surface area contributed by atoms with Crippen LogP contribution in [0.25, 0.3) is 0 Å². The molecule has 1 N–H and O–H groups in total. The Kier molecular flexibility index (Phi) is 8.03. The van der Waals surface area contributed by atoms with Gasteiger partial charge in [-0.05, 0) is 36.6 Å². The van der Waals surface area contributed by atoms with Crippen molar-refractivity contribution in [2.75, 3.05) is 26.0 Å². The number of aromatic nitrogens is 3. The summed E-state index contributed by atoms with van der Waals surface area (Å²) in [7, 11) is 1.78. The number of nitrogens with one attached hydrogen (secondary N) is 1. The van der Waals surface area contributed by atoms with Gasteiger partial charge in [0.05, 0.1) is 12.3 Å². The molecule has 152 valence electrons. The third-order valence-corrected chi connectivity index (χ3v) is 6.12. The first-order valence-corrected chi connectivity index (χ1v) is 11.1. The molecular weight excluding hydrogens is 396 g/mol. The Morgan fingerprint density at radius 2 is 2.07 bits per heavy atom. The number of rotatable bonds is 10. The summed E-state index contributed by atoms with van der Waals surface area (Å²) in [5.74, 6) is 2.85. The monoisotopic (exact) mass is 422 g/mol. The van der Waals surface area contributed by atoms with Crippen LogP contribution in [0.15, 0.2) is 29.4 Å². The molecule has 0 saturated heterocycles. The van der Waals surface area contributed by atoms with Gasteiger partial charge in [0.15, 0.2) is 0 Å². The molecule has 1 amide bonds. The molecule has 1 fully saturated rings. The molecule has 6 nitrogen and oxygen atoms in total. The Bertz CT molecular complexity index is 747. The van der Waals surface area contributed by atoms with E-state index < -0.39 is 0 Å². The molecule has 1 saturated carbocycles. The van der Waals surface area contributed by atoms with Gasteiger partial charge in [-0.1, -0.05) is 49.0 Å². The number of aryl methyl sites for hydroxylation is 1. The summed E-state index contributed by atoms with van der Waals surface area (Å²) in [6.07, 6.45) is 7.53. The van der Waals surface area contributed by atoms with Gasteiger partial charge in [-0.15, -0.1) is 5.10 Å². The topological polar surface area (TPSA) is 71.1 Å². The van der Waals surface area contributed by atoms with Gasteiger partial charge in [-0.2, -0.15) is 0 Å². The second-order valence-electron chi connectivity index (χ2n) is 7.16. The van der Waals surface area contributed by atoms with Gasteiger partial charge < -0.3 is 9.64 Å². The molecule has 0 atom stereocenters. The third-order valence-electron chi connectivity index (χ3n) is 5.03. The number of likely N-dealkylation sites (N-methyl/N-ethyl adjacent to an activating group) is 1. The summed E-state index contributed by atoms with van der Waals surface area (Å²) in [5, 5.41) is 8.54. The first kappa shape index (κ1) is 21.0. The second-order valence-corrected chi connectivity index (χ2v) is 8.54. The van der Waals surface area contributed by atoms with Crippen molar-refractivity contribution in [1.29, 1.82) is 0 Å². The standard InChI is InChI=1S/C20H27ClN4O2S/c1-25(12-13-27-17-9-7-16(21)8-10-17)19(26)14-28-20-22-18(23-24-20)11-6-15-4-2-3-5-15/h7-10,15H,2-6,11-14H2,1H3,(H,22,23,24). The minimum absolute atomic E-state index is 0.0296. The highest BCUT2D eigenvalue weighted by atomic mass is 35.5. The van der Waals surface area contributed by atoms with Crippen molar-refractivity contribution >= 4 is 29.3 Å². The Labute approximate surface area is 175 Å². The van der Waals surface area contributed by atoms with Crippen LogP contribution in [0.2, 0.25) is 5.02 Å². The molecule has 0 bridgehead atoms. The van der Waals surface area contributed by atoms with Crippen molar-refractivity contribution in [3.8, 4) is 5.75 Å². The molecule has 8 heteroatoms. The van der Waals surface area contributed by atoms with E-state index in [1.165, 1.54) is 43.9 Å². The minimum atomic E-state index is 0.0296. The molecule has 0 spiro atoms. The average molecular weight is 423 g/mol. The van der Waals surface area contributed by atoms with Crippen molar-refractivity contribution in [3.63, 3.8) is 0 Å². The molecule has 1 aromatic carbocycles. The van der Waals surface area contributed by atoms with Gasteiger partial charge in [-0.3, -0.25) is 9.89 Å². The SMILES string of the molecule is CN(CCOc1ccc(Cl)cc1)C(=O)CSc1n[nH]c(CCC2CCCC2)n1. The van der Waals surface area contributed by atoms with Crippen molar-refractivity contribution in [2.24, 2.45) is 5.92 Å². The van der Waals surface area contributed by atoms with Crippen LogP contribution in [0.1, 0.15) is 37.9 Å². The van der Waals surface area contributed by atoms with Crippen molar-refractivity contribution in [1.82, 2.24) is 20.1 Å². The zero-order valence-electron chi connectivity index (χ0n) is 16.2. The molecule has 1 heterocycles. The first-order valence-electron chi connectivity index (χ1n) is 9.76. The number of carbonyl (C=O) groups is 1. The molecule has 1 aliphatic rings. The Hall–Kier alpha value is -1.73. The van der Waals surface area contributed by atoms with Gasteiger partial charge in [0.2, 0.25) is 11.1 Å². The summed E-state index contributed by atoms with van der Waals surface area (Å²) in [6, 6.07) is 7.18. The highest BCUT2D eigenvalue weighted by molar-refractivity contribution is 7.99. The lowest BCUT2D eigenvalue weighted by Crippen LogP contribution is -2.32. The van der Waals surface area contributed by atoms with E-state index in [2.05, 4.69) is 15.2 Å². The van der Waals surface area contributed by atoms with E-state index in [-0.39, 0.29) is 5.91 Å². The number of benzene rings is 1. The second kappa shape index (κ2) is 10.7. The van der Waals surface area contributed by atoms with Gasteiger partial charge in [-0.25, -0.2) is 4.98 Å². The maximum absolute atomic E-state index is 12.3. The number of aromatic amines is 1. The summed E-state index contributed by atoms with van der Waals surface area (Å²) in [6.45, 7) is 0.948. The molecule has 3 rings (SSSR count). The molecular formula is C20H27ClN4O2S. The van der Waals surface area contributed by atoms with E-state index in [1.54, 1.807) is 24.1 Å². The average Bonchev–Trinajstić information content (AvgIpc) is 3.37. The zero-order valence-corrected chi connectivity index (χ0v) is 17.8. The van der Waals surface area contributed by atoms with E-state index in [1.807, 2.05) is 12.1 Å². The summed E-state index contributed by atoms with van der Waals surface area (Å²) in [4.78, 5) is 18.4. The van der Waals surface area contributed by atoms with Crippen LogP contribution < -0.4 is 4.74 Å². The molecule has 0 radical (unpaired) electrons. The smallest absolute Gasteiger partial charge is 0.232 e. The van der Waals surface area contributed by atoms with Gasteiger partial charge >= 0.3 is 0 Å². The van der Waals surface area contributed by atoms with Crippen LogP contribution in [0.3, 0.4) is 0 Å². The number of halogens is 1. The van der Waals surface area contributed by atoms with Crippen LogP contribution in [0.4, 0.5) is 0 Å². The van der Waals surface area contributed by atoms with E-state index in [0.717, 1.165) is 23.9 Å². The molecule has 1 aromatic heterocycles. The lowest BCUT2D eigenvalue weighted by Gasteiger charge is -2.17. The largest absolute Gasteiger partial charge is 0.492 e. The van der Waals surface area contributed by atoms with Crippen LogP contribution >= 0.6 is 23.4 Å². The van der Waals surface area contributed by atoms with Crippen LogP contribution in [-0.2, 0) is 11.2 Å². The number of ether oxygens (including phenoxy) is 1. The Balaban J connectivity index is 1.33. The lowest BCUT2D eigenvalue weighted by molar-refractivity contribution is -0.127.